The summed E-state index contributed by atoms with van der Waals surface area (Å²) in [5, 5.41) is 11.7. The summed E-state index contributed by atoms with van der Waals surface area (Å²) in [4.78, 5) is 0. The molecule has 0 spiro atoms. The van der Waals surface area contributed by atoms with E-state index in [2.05, 4.69) is 5.32 Å². The summed E-state index contributed by atoms with van der Waals surface area (Å²) < 4.78 is 11.4. The van der Waals surface area contributed by atoms with Crippen molar-refractivity contribution in [3.8, 4) is 11.5 Å². The van der Waals surface area contributed by atoms with Gasteiger partial charge in [0.1, 0.15) is 12.7 Å². The van der Waals surface area contributed by atoms with Crippen LogP contribution in [0.25, 0.3) is 0 Å². The van der Waals surface area contributed by atoms with Crippen molar-refractivity contribution < 1.29 is 14.6 Å². The number of ether oxygens (including phenoxy) is 2. The first kappa shape index (κ1) is 11.2. The molecule has 0 aromatic heterocycles. The van der Waals surface area contributed by atoms with Gasteiger partial charge in [-0.15, -0.1) is 0 Å². The predicted octanol–water partition coefficient (Wildman–Crippen LogP) is 0.798. The smallest absolute Gasteiger partial charge is 0.161 e. The molecule has 0 saturated carbocycles. The summed E-state index contributed by atoms with van der Waals surface area (Å²) >= 11 is 0. The van der Waals surface area contributed by atoms with Gasteiger partial charge in [-0.25, -0.2) is 0 Å². The molecular formula is C12H17NO3. The Hall–Kier alpha value is -1.26. The maximum atomic E-state index is 8.61. The first-order chi connectivity index (χ1) is 7.90. The first-order valence-electron chi connectivity index (χ1n) is 5.60. The van der Waals surface area contributed by atoms with Gasteiger partial charge in [0.25, 0.3) is 0 Å². The molecular weight excluding hydrogens is 206 g/mol. The largest absolute Gasteiger partial charge is 0.486 e. The van der Waals surface area contributed by atoms with E-state index in [9.17, 15) is 0 Å². The van der Waals surface area contributed by atoms with Crippen molar-refractivity contribution in [3.05, 3.63) is 24.3 Å². The van der Waals surface area contributed by atoms with Crippen LogP contribution >= 0.6 is 0 Å². The van der Waals surface area contributed by atoms with E-state index >= 15 is 0 Å². The molecule has 0 bridgehead atoms. The number of fused-ring (bicyclic) bond motifs is 1. The van der Waals surface area contributed by atoms with Crippen LogP contribution < -0.4 is 14.8 Å². The molecule has 0 fully saturated rings. The van der Waals surface area contributed by atoms with E-state index in [0.717, 1.165) is 24.5 Å². The Morgan fingerprint density at radius 2 is 2.06 bits per heavy atom. The monoisotopic (exact) mass is 223 g/mol. The van der Waals surface area contributed by atoms with Gasteiger partial charge in [-0.1, -0.05) is 12.1 Å². The third-order valence-electron chi connectivity index (χ3n) is 2.50. The van der Waals surface area contributed by atoms with Crippen molar-refractivity contribution in [3.63, 3.8) is 0 Å². The lowest BCUT2D eigenvalue weighted by atomic mass is 10.2. The van der Waals surface area contributed by atoms with E-state index in [1.54, 1.807) is 0 Å². The lowest BCUT2D eigenvalue weighted by molar-refractivity contribution is 0.0847. The van der Waals surface area contributed by atoms with Crippen molar-refractivity contribution in [1.29, 1.82) is 0 Å². The molecule has 4 heteroatoms. The quantitative estimate of drug-likeness (QED) is 0.725. The number of aliphatic hydroxyl groups is 1. The van der Waals surface area contributed by atoms with Crippen LogP contribution in [0.2, 0.25) is 0 Å². The zero-order valence-electron chi connectivity index (χ0n) is 9.19. The molecule has 88 valence electrons. The van der Waals surface area contributed by atoms with Gasteiger partial charge >= 0.3 is 0 Å². The molecule has 1 atom stereocenters. The van der Waals surface area contributed by atoms with Gasteiger partial charge in [0.15, 0.2) is 11.5 Å². The van der Waals surface area contributed by atoms with Crippen LogP contribution in [0.15, 0.2) is 24.3 Å². The Balaban J connectivity index is 1.79. The van der Waals surface area contributed by atoms with E-state index in [-0.39, 0.29) is 12.7 Å². The van der Waals surface area contributed by atoms with Crippen LogP contribution in [0, 0.1) is 0 Å². The van der Waals surface area contributed by atoms with E-state index in [4.69, 9.17) is 14.6 Å². The summed E-state index contributed by atoms with van der Waals surface area (Å²) in [6.45, 7) is 2.23. The highest BCUT2D eigenvalue weighted by atomic mass is 16.6. The van der Waals surface area contributed by atoms with Crippen LogP contribution in [0.3, 0.4) is 0 Å². The Labute approximate surface area is 95.2 Å². The molecule has 0 amide bonds. The van der Waals surface area contributed by atoms with Gasteiger partial charge in [-0.3, -0.25) is 0 Å². The standard InChI is InChI=1S/C12H17NO3/c14-8-7-13-6-5-10-9-15-11-3-1-2-4-12(11)16-10/h1-4,10,13-14H,5-9H2. The molecule has 1 aliphatic rings. The number of nitrogens with one attached hydrogen (secondary N) is 1. The molecule has 0 radical (unpaired) electrons. The molecule has 1 aromatic rings. The number of hydrogen-bond acceptors (Lipinski definition) is 4. The van der Waals surface area contributed by atoms with E-state index in [1.807, 2.05) is 24.3 Å². The Morgan fingerprint density at radius 3 is 2.88 bits per heavy atom. The van der Waals surface area contributed by atoms with Gasteiger partial charge in [-0.2, -0.15) is 0 Å². The van der Waals surface area contributed by atoms with Crippen LogP contribution in [-0.2, 0) is 0 Å². The summed E-state index contributed by atoms with van der Waals surface area (Å²) in [5.41, 5.74) is 0. The van der Waals surface area contributed by atoms with Gasteiger partial charge in [0.05, 0.1) is 6.61 Å². The number of aliphatic hydroxyl groups excluding tert-OH is 1. The summed E-state index contributed by atoms with van der Waals surface area (Å²) in [7, 11) is 0. The second kappa shape index (κ2) is 5.72. The second-order valence-electron chi connectivity index (χ2n) is 3.76. The molecule has 1 aromatic carbocycles. The summed E-state index contributed by atoms with van der Waals surface area (Å²) in [6.07, 6.45) is 0.982. The highest BCUT2D eigenvalue weighted by Crippen LogP contribution is 2.31. The van der Waals surface area contributed by atoms with Crippen molar-refractivity contribution in [1.82, 2.24) is 5.32 Å². The molecule has 1 heterocycles. The molecule has 2 N–H and O–H groups in total. The maximum absolute atomic E-state index is 8.61. The van der Waals surface area contributed by atoms with Crippen LogP contribution in [0.1, 0.15) is 6.42 Å². The highest BCUT2D eigenvalue weighted by molar-refractivity contribution is 5.40. The van der Waals surface area contributed by atoms with Gasteiger partial charge < -0.3 is 19.9 Å². The average Bonchev–Trinajstić information content (AvgIpc) is 2.34. The molecule has 2 rings (SSSR count). The second-order valence-corrected chi connectivity index (χ2v) is 3.76. The molecule has 0 aliphatic carbocycles. The number of para-hydroxylation sites is 2. The maximum Gasteiger partial charge on any atom is 0.161 e. The number of benzene rings is 1. The average molecular weight is 223 g/mol. The molecule has 1 unspecified atom stereocenters. The van der Waals surface area contributed by atoms with Crippen molar-refractivity contribution in [2.45, 2.75) is 12.5 Å². The molecule has 1 aliphatic heterocycles. The lowest BCUT2D eigenvalue weighted by Crippen LogP contribution is -2.33. The fourth-order valence-electron chi connectivity index (χ4n) is 1.67. The number of rotatable bonds is 5. The normalized spacial score (nSPS) is 18.4. The lowest BCUT2D eigenvalue weighted by Gasteiger charge is -2.26. The van der Waals surface area contributed by atoms with E-state index in [1.165, 1.54) is 0 Å². The number of hydrogen-bond donors (Lipinski definition) is 2. The van der Waals surface area contributed by atoms with Crippen LogP contribution in [0.5, 0.6) is 11.5 Å². The zero-order chi connectivity index (χ0) is 11.2. The topological polar surface area (TPSA) is 50.7 Å². The fraction of sp³-hybridized carbons (Fsp3) is 0.500. The van der Waals surface area contributed by atoms with Gasteiger partial charge in [0, 0.05) is 13.0 Å². The summed E-state index contributed by atoms with van der Waals surface area (Å²) in [6, 6.07) is 7.71. The first-order valence-corrected chi connectivity index (χ1v) is 5.60. The summed E-state index contributed by atoms with van der Waals surface area (Å²) in [5.74, 6) is 1.64. The third kappa shape index (κ3) is 2.87. The fourth-order valence-corrected chi connectivity index (χ4v) is 1.67. The highest BCUT2D eigenvalue weighted by Gasteiger charge is 2.19. The Bertz CT molecular complexity index is 330. The van der Waals surface area contributed by atoms with Crippen molar-refractivity contribution >= 4 is 0 Å². The Kier molecular flexibility index (Phi) is 4.02. The minimum absolute atomic E-state index is 0.0982. The van der Waals surface area contributed by atoms with Crippen LogP contribution in [-0.4, -0.2) is 37.5 Å². The predicted molar refractivity (Wildman–Crippen MR) is 60.9 cm³/mol. The SMILES string of the molecule is OCCNCCC1COc2ccccc2O1. The molecule has 0 saturated heterocycles. The zero-order valence-corrected chi connectivity index (χ0v) is 9.19. The van der Waals surface area contributed by atoms with E-state index < -0.39 is 0 Å². The van der Waals surface area contributed by atoms with Gasteiger partial charge in [0.2, 0.25) is 0 Å². The molecule has 4 nitrogen and oxygen atoms in total. The van der Waals surface area contributed by atoms with E-state index in [0.29, 0.717) is 13.2 Å². The minimum atomic E-state index is 0.0982. The molecule has 16 heavy (non-hydrogen) atoms. The third-order valence-corrected chi connectivity index (χ3v) is 2.50. The van der Waals surface area contributed by atoms with Gasteiger partial charge in [-0.05, 0) is 18.7 Å². The van der Waals surface area contributed by atoms with Crippen molar-refractivity contribution in [2.24, 2.45) is 0 Å². The minimum Gasteiger partial charge on any atom is -0.486 e. The van der Waals surface area contributed by atoms with Crippen molar-refractivity contribution in [2.75, 3.05) is 26.3 Å². The van der Waals surface area contributed by atoms with Crippen LogP contribution in [0.4, 0.5) is 0 Å². The Morgan fingerprint density at radius 1 is 1.25 bits per heavy atom.